The van der Waals surface area contributed by atoms with Gasteiger partial charge in [-0.2, -0.15) is 13.9 Å². The van der Waals surface area contributed by atoms with Crippen LogP contribution in [0.5, 0.6) is 0 Å². The predicted octanol–water partition coefficient (Wildman–Crippen LogP) is 0.967. The van der Waals surface area contributed by atoms with E-state index >= 15 is 0 Å². The molecular formula is C24H27BN6O4S2. The Kier molecular flexibility index (Phi) is 6.77. The van der Waals surface area contributed by atoms with Crippen molar-refractivity contribution in [1.82, 2.24) is 23.9 Å². The van der Waals surface area contributed by atoms with Crippen LogP contribution in [0.15, 0.2) is 70.8 Å². The van der Waals surface area contributed by atoms with Crippen LogP contribution in [0.2, 0.25) is 0 Å². The van der Waals surface area contributed by atoms with Crippen molar-refractivity contribution in [1.29, 1.82) is 0 Å². The Labute approximate surface area is 217 Å². The molecule has 0 unspecified atom stereocenters. The van der Waals surface area contributed by atoms with Gasteiger partial charge in [-0.3, -0.25) is 4.98 Å². The number of hydrogen-bond donors (Lipinski definition) is 1. The van der Waals surface area contributed by atoms with Gasteiger partial charge in [0.25, 0.3) is 0 Å². The molecule has 1 N–H and O–H groups in total. The molecule has 10 nitrogen and oxygen atoms in total. The fourth-order valence-corrected chi connectivity index (χ4v) is 6.62. The molecule has 37 heavy (non-hydrogen) atoms. The van der Waals surface area contributed by atoms with Crippen molar-refractivity contribution in [2.45, 2.75) is 35.1 Å². The summed E-state index contributed by atoms with van der Waals surface area (Å²) in [6.07, 6.45) is 7.67. The third-order valence-corrected chi connectivity index (χ3v) is 9.67. The van der Waals surface area contributed by atoms with Gasteiger partial charge in [0.15, 0.2) is 15.5 Å². The summed E-state index contributed by atoms with van der Waals surface area (Å²) in [5, 5.41) is 7.90. The van der Waals surface area contributed by atoms with E-state index in [-0.39, 0.29) is 15.7 Å². The SMILES string of the molecule is Bc1cnn2c(NCc3cccnc3)cc(C3CCN(S(=O)(=O)c4ccc(S(C)(=O)=O)cc4)CC3)nc12. The minimum atomic E-state index is -3.72. The van der Waals surface area contributed by atoms with Gasteiger partial charge in [0.1, 0.15) is 13.7 Å². The van der Waals surface area contributed by atoms with E-state index in [2.05, 4.69) is 15.4 Å². The second kappa shape index (κ2) is 9.88. The van der Waals surface area contributed by atoms with E-state index in [0.29, 0.717) is 32.5 Å². The first-order chi connectivity index (χ1) is 17.6. The van der Waals surface area contributed by atoms with Crippen molar-refractivity contribution in [2.24, 2.45) is 0 Å². The lowest BCUT2D eigenvalue weighted by Gasteiger charge is -2.31. The Hall–Kier alpha value is -3.29. The first-order valence-electron chi connectivity index (χ1n) is 11.9. The number of nitrogens with one attached hydrogen (secondary N) is 1. The average Bonchev–Trinajstić information content (AvgIpc) is 3.28. The zero-order valence-electron chi connectivity index (χ0n) is 20.6. The second-order valence-electron chi connectivity index (χ2n) is 9.27. The van der Waals surface area contributed by atoms with Crippen LogP contribution in [0.1, 0.15) is 30.0 Å². The molecule has 5 rings (SSSR count). The summed E-state index contributed by atoms with van der Waals surface area (Å²) in [7, 11) is -5.15. The lowest BCUT2D eigenvalue weighted by Crippen LogP contribution is -2.38. The van der Waals surface area contributed by atoms with Crippen LogP contribution in [0.3, 0.4) is 0 Å². The van der Waals surface area contributed by atoms with Gasteiger partial charge >= 0.3 is 0 Å². The van der Waals surface area contributed by atoms with Gasteiger partial charge in [-0.05, 0) is 54.2 Å². The maximum atomic E-state index is 13.2. The highest BCUT2D eigenvalue weighted by molar-refractivity contribution is 7.90. The Morgan fingerprint density at radius 2 is 1.73 bits per heavy atom. The molecule has 0 atom stereocenters. The molecule has 0 amide bonds. The summed E-state index contributed by atoms with van der Waals surface area (Å²) in [4.78, 5) is 9.22. The summed E-state index contributed by atoms with van der Waals surface area (Å²) >= 11 is 0. The quantitative estimate of drug-likeness (QED) is 0.345. The Morgan fingerprint density at radius 3 is 2.38 bits per heavy atom. The van der Waals surface area contributed by atoms with Crippen LogP contribution in [-0.4, -0.2) is 67.9 Å². The standard InChI is InChI=1S/C24H27BN6O4S2/c1-36(32,33)19-4-6-20(7-5-19)37(34,35)30-11-8-18(9-12-30)22-13-23(27-15-17-3-2-10-26-14-17)31-24(29-22)21(25)16-28-31/h2-7,10,13-14,16,18,27H,8-9,11-12,15,25H2,1H3. The number of sulfone groups is 1. The molecule has 1 fully saturated rings. The number of aromatic nitrogens is 4. The van der Waals surface area contributed by atoms with Crippen molar-refractivity contribution in [3.63, 3.8) is 0 Å². The molecule has 1 aliphatic rings. The first kappa shape index (κ1) is 25.4. The van der Waals surface area contributed by atoms with Crippen LogP contribution < -0.4 is 10.8 Å². The summed E-state index contributed by atoms with van der Waals surface area (Å²) in [5.74, 6) is 0.912. The smallest absolute Gasteiger partial charge is 0.243 e. The number of rotatable bonds is 7. The fourth-order valence-electron chi connectivity index (χ4n) is 4.52. The molecule has 192 valence electrons. The van der Waals surface area contributed by atoms with Crippen LogP contribution in [-0.2, 0) is 26.4 Å². The molecule has 1 aliphatic heterocycles. The molecule has 0 radical (unpaired) electrons. The molecule has 0 aliphatic carbocycles. The van der Waals surface area contributed by atoms with Gasteiger partial charge in [-0.1, -0.05) is 6.07 Å². The zero-order valence-corrected chi connectivity index (χ0v) is 22.2. The normalized spacial score (nSPS) is 15.7. The third-order valence-electron chi connectivity index (χ3n) is 6.63. The number of nitrogens with zero attached hydrogens (tertiary/aromatic N) is 5. The highest BCUT2D eigenvalue weighted by atomic mass is 32.2. The Bertz CT molecular complexity index is 1630. The lowest BCUT2D eigenvalue weighted by molar-refractivity contribution is 0.317. The number of sulfonamides is 1. The second-order valence-corrected chi connectivity index (χ2v) is 13.2. The van der Waals surface area contributed by atoms with E-state index in [0.717, 1.165) is 34.4 Å². The highest BCUT2D eigenvalue weighted by Crippen LogP contribution is 2.31. The van der Waals surface area contributed by atoms with Gasteiger partial charge < -0.3 is 5.32 Å². The Morgan fingerprint density at radius 1 is 1.03 bits per heavy atom. The lowest BCUT2D eigenvalue weighted by atomic mass is 9.94. The minimum Gasteiger partial charge on any atom is -0.366 e. The van der Waals surface area contributed by atoms with Crippen LogP contribution in [0.25, 0.3) is 5.65 Å². The van der Waals surface area contributed by atoms with Crippen molar-refractivity contribution in [3.8, 4) is 0 Å². The molecule has 0 bridgehead atoms. The molecule has 3 aromatic heterocycles. The summed E-state index contributed by atoms with van der Waals surface area (Å²) < 4.78 is 53.0. The fraction of sp³-hybridized carbons (Fsp3) is 0.292. The average molecular weight is 538 g/mol. The molecule has 0 saturated carbocycles. The summed E-state index contributed by atoms with van der Waals surface area (Å²) in [6.45, 7) is 1.29. The third kappa shape index (κ3) is 5.24. The van der Waals surface area contributed by atoms with E-state index in [1.807, 2.05) is 32.2 Å². The first-order valence-corrected chi connectivity index (χ1v) is 15.2. The van der Waals surface area contributed by atoms with Gasteiger partial charge in [-0.25, -0.2) is 21.8 Å². The summed E-state index contributed by atoms with van der Waals surface area (Å²) in [6, 6.07) is 11.3. The summed E-state index contributed by atoms with van der Waals surface area (Å²) in [5.41, 5.74) is 3.68. The maximum Gasteiger partial charge on any atom is 0.243 e. The van der Waals surface area contributed by atoms with Gasteiger partial charge in [-0.15, -0.1) is 0 Å². The van der Waals surface area contributed by atoms with Crippen LogP contribution in [0.4, 0.5) is 5.82 Å². The Balaban J connectivity index is 1.33. The maximum absolute atomic E-state index is 13.2. The molecule has 1 aromatic carbocycles. The molecule has 13 heteroatoms. The van der Waals surface area contributed by atoms with Crippen molar-refractivity contribution in [2.75, 3.05) is 24.7 Å². The van der Waals surface area contributed by atoms with Gasteiger partial charge in [0, 0.05) is 62.2 Å². The van der Waals surface area contributed by atoms with Crippen molar-refractivity contribution >= 4 is 44.6 Å². The van der Waals surface area contributed by atoms with Gasteiger partial charge in [0.05, 0.1) is 9.79 Å². The molecule has 4 heterocycles. The number of benzene rings is 1. The number of hydrogen-bond acceptors (Lipinski definition) is 8. The molecular weight excluding hydrogens is 511 g/mol. The van der Waals surface area contributed by atoms with E-state index in [9.17, 15) is 16.8 Å². The minimum absolute atomic E-state index is 0.0923. The monoisotopic (exact) mass is 538 g/mol. The van der Waals surface area contributed by atoms with Crippen LogP contribution >= 0.6 is 0 Å². The van der Waals surface area contributed by atoms with E-state index < -0.39 is 19.9 Å². The molecule has 1 saturated heterocycles. The molecule has 0 spiro atoms. The largest absolute Gasteiger partial charge is 0.366 e. The van der Waals surface area contributed by atoms with Crippen LogP contribution in [0, 0.1) is 0 Å². The topological polar surface area (TPSA) is 127 Å². The molecule has 4 aromatic rings. The predicted molar refractivity (Wildman–Crippen MR) is 143 cm³/mol. The zero-order chi connectivity index (χ0) is 26.2. The van der Waals surface area contributed by atoms with Gasteiger partial charge in [0.2, 0.25) is 10.0 Å². The number of piperidine rings is 1. The van der Waals surface area contributed by atoms with E-state index in [1.165, 1.54) is 28.6 Å². The number of pyridine rings is 1. The number of fused-ring (bicyclic) bond motifs is 1. The van der Waals surface area contributed by atoms with Crippen molar-refractivity contribution < 1.29 is 16.8 Å². The highest BCUT2D eigenvalue weighted by Gasteiger charge is 2.31. The number of anilines is 1. The van der Waals surface area contributed by atoms with E-state index in [1.54, 1.807) is 16.9 Å². The van der Waals surface area contributed by atoms with E-state index in [4.69, 9.17) is 4.98 Å². The van der Waals surface area contributed by atoms with Crippen molar-refractivity contribution in [3.05, 3.63) is 72.3 Å².